The van der Waals surface area contributed by atoms with Crippen LogP contribution in [0.15, 0.2) is 66.0 Å². The van der Waals surface area contributed by atoms with E-state index in [1.54, 1.807) is 6.07 Å². The van der Waals surface area contributed by atoms with Crippen molar-refractivity contribution in [3.8, 4) is 0 Å². The van der Waals surface area contributed by atoms with Crippen LogP contribution < -0.4 is 10.0 Å². The minimum atomic E-state index is -3.48. The summed E-state index contributed by atoms with van der Waals surface area (Å²) in [6.07, 6.45) is 5.14. The van der Waals surface area contributed by atoms with Crippen molar-refractivity contribution in [1.29, 1.82) is 0 Å². The van der Waals surface area contributed by atoms with Gasteiger partial charge in [0.2, 0.25) is 10.0 Å². The van der Waals surface area contributed by atoms with Gasteiger partial charge < -0.3 is 5.32 Å². The first kappa shape index (κ1) is 18.1. The van der Waals surface area contributed by atoms with E-state index in [-0.39, 0.29) is 10.9 Å². The molecule has 7 nitrogen and oxygen atoms in total. The van der Waals surface area contributed by atoms with E-state index in [1.807, 2.05) is 42.2 Å². The zero-order valence-corrected chi connectivity index (χ0v) is 15.4. The van der Waals surface area contributed by atoms with E-state index in [1.165, 1.54) is 24.9 Å². The molecule has 0 saturated heterocycles. The van der Waals surface area contributed by atoms with Gasteiger partial charge in [-0.3, -0.25) is 4.68 Å². The van der Waals surface area contributed by atoms with E-state index in [0.29, 0.717) is 12.4 Å². The predicted octanol–water partition coefficient (Wildman–Crippen LogP) is 2.41. The second-order valence-electron chi connectivity index (χ2n) is 5.91. The third kappa shape index (κ3) is 4.27. The van der Waals surface area contributed by atoms with Gasteiger partial charge in [0.25, 0.3) is 0 Å². The van der Waals surface area contributed by atoms with Gasteiger partial charge in [0.15, 0.2) is 0 Å². The van der Waals surface area contributed by atoms with E-state index in [4.69, 9.17) is 0 Å². The van der Waals surface area contributed by atoms with Crippen LogP contribution in [0, 0.1) is 0 Å². The second kappa shape index (κ2) is 7.67. The summed E-state index contributed by atoms with van der Waals surface area (Å²) < 4.78 is 27.6. The number of sulfonamides is 1. The molecule has 0 aliphatic heterocycles. The molecule has 2 aromatic heterocycles. The van der Waals surface area contributed by atoms with E-state index >= 15 is 0 Å². The summed E-state index contributed by atoms with van der Waals surface area (Å²) in [5.74, 6) is 0.600. The van der Waals surface area contributed by atoms with Crippen molar-refractivity contribution in [1.82, 2.24) is 19.5 Å². The molecule has 3 aromatic rings. The Morgan fingerprint density at radius 1 is 1.12 bits per heavy atom. The SMILES string of the molecule is CNS(=O)(=O)c1ccc(NC(C)c2cnn(Cc3ccccc3)c2)nc1. The maximum absolute atomic E-state index is 11.7. The van der Waals surface area contributed by atoms with Gasteiger partial charge in [-0.1, -0.05) is 30.3 Å². The third-order valence-corrected chi connectivity index (χ3v) is 5.42. The fourth-order valence-corrected chi connectivity index (χ4v) is 3.18. The molecule has 0 bridgehead atoms. The van der Waals surface area contributed by atoms with Crippen molar-refractivity contribution in [2.45, 2.75) is 24.4 Å². The summed E-state index contributed by atoms with van der Waals surface area (Å²) in [4.78, 5) is 4.31. The summed E-state index contributed by atoms with van der Waals surface area (Å²) in [5.41, 5.74) is 2.21. The van der Waals surface area contributed by atoms with Crippen LogP contribution >= 0.6 is 0 Å². The van der Waals surface area contributed by atoms with E-state index in [2.05, 4.69) is 32.3 Å². The highest BCUT2D eigenvalue weighted by Crippen LogP contribution is 2.18. The summed E-state index contributed by atoms with van der Waals surface area (Å²) in [6.45, 7) is 2.71. The fraction of sp³-hybridized carbons (Fsp3) is 0.222. The molecule has 0 spiro atoms. The molecule has 3 rings (SSSR count). The standard InChI is InChI=1S/C18H21N5O2S/c1-14(22-18-9-8-17(11-20-18)26(24,25)19-2)16-10-21-23(13-16)12-15-6-4-3-5-7-15/h3-11,13-14,19H,12H2,1-2H3,(H,20,22). The lowest BCUT2D eigenvalue weighted by molar-refractivity contribution is 0.588. The monoisotopic (exact) mass is 371 g/mol. The molecule has 1 unspecified atom stereocenters. The van der Waals surface area contributed by atoms with Crippen LogP contribution in [0.2, 0.25) is 0 Å². The maximum atomic E-state index is 11.7. The van der Waals surface area contributed by atoms with Crippen LogP contribution in [0.1, 0.15) is 24.1 Å². The Bertz CT molecular complexity index is 953. The molecule has 0 radical (unpaired) electrons. The Labute approximate surface area is 153 Å². The van der Waals surface area contributed by atoms with E-state index in [9.17, 15) is 8.42 Å². The molecule has 0 saturated carbocycles. The molecule has 26 heavy (non-hydrogen) atoms. The topological polar surface area (TPSA) is 88.9 Å². The number of nitrogens with zero attached hydrogens (tertiary/aromatic N) is 3. The number of benzene rings is 1. The van der Waals surface area contributed by atoms with Gasteiger partial charge in [0.1, 0.15) is 10.7 Å². The predicted molar refractivity (Wildman–Crippen MR) is 100 cm³/mol. The first-order valence-corrected chi connectivity index (χ1v) is 9.68. The molecule has 8 heteroatoms. The summed E-state index contributed by atoms with van der Waals surface area (Å²) in [6, 6.07) is 13.3. The number of aromatic nitrogens is 3. The molecule has 2 heterocycles. The first-order valence-electron chi connectivity index (χ1n) is 8.20. The zero-order chi connectivity index (χ0) is 18.6. The van der Waals surface area contributed by atoms with E-state index < -0.39 is 10.0 Å². The van der Waals surface area contributed by atoms with Crippen LogP contribution in [0.4, 0.5) is 5.82 Å². The molecule has 2 N–H and O–H groups in total. The third-order valence-electron chi connectivity index (χ3n) is 4.02. The van der Waals surface area contributed by atoms with Crippen molar-refractivity contribution >= 4 is 15.8 Å². The molecule has 0 aliphatic carbocycles. The van der Waals surface area contributed by atoms with Crippen molar-refractivity contribution in [3.63, 3.8) is 0 Å². The minimum absolute atomic E-state index is 0.0150. The van der Waals surface area contributed by atoms with E-state index in [0.717, 1.165) is 5.56 Å². The van der Waals surface area contributed by atoms with Crippen molar-refractivity contribution in [2.24, 2.45) is 0 Å². The Kier molecular flexibility index (Phi) is 5.34. The molecule has 0 amide bonds. The number of nitrogens with one attached hydrogen (secondary N) is 2. The quantitative estimate of drug-likeness (QED) is 0.666. The van der Waals surface area contributed by atoms with Gasteiger partial charge in [-0.05, 0) is 31.7 Å². The summed E-state index contributed by atoms with van der Waals surface area (Å²) >= 11 is 0. The normalized spacial score (nSPS) is 12.7. The molecule has 1 atom stereocenters. The number of hydrogen-bond acceptors (Lipinski definition) is 5. The zero-order valence-electron chi connectivity index (χ0n) is 14.6. The highest BCUT2D eigenvalue weighted by atomic mass is 32.2. The van der Waals surface area contributed by atoms with Gasteiger partial charge in [-0.15, -0.1) is 0 Å². The van der Waals surface area contributed by atoms with Gasteiger partial charge in [-0.2, -0.15) is 5.10 Å². The van der Waals surface area contributed by atoms with Gasteiger partial charge in [-0.25, -0.2) is 18.1 Å². The van der Waals surface area contributed by atoms with Gasteiger partial charge in [0, 0.05) is 18.0 Å². The maximum Gasteiger partial charge on any atom is 0.241 e. The Balaban J connectivity index is 1.66. The largest absolute Gasteiger partial charge is 0.363 e. The average molecular weight is 371 g/mol. The van der Waals surface area contributed by atoms with Crippen molar-refractivity contribution < 1.29 is 8.42 Å². The minimum Gasteiger partial charge on any atom is -0.363 e. The van der Waals surface area contributed by atoms with Gasteiger partial charge in [0.05, 0.1) is 18.8 Å². The lowest BCUT2D eigenvalue weighted by Gasteiger charge is -2.13. The van der Waals surface area contributed by atoms with Crippen LogP contribution in [0.25, 0.3) is 0 Å². The smallest absolute Gasteiger partial charge is 0.241 e. The number of rotatable bonds is 7. The second-order valence-corrected chi connectivity index (χ2v) is 7.80. The number of anilines is 1. The molecule has 0 aliphatic rings. The Morgan fingerprint density at radius 2 is 1.88 bits per heavy atom. The number of pyridine rings is 1. The summed E-state index contributed by atoms with van der Waals surface area (Å²) in [5, 5.41) is 7.65. The molecule has 136 valence electrons. The number of hydrogen-bond donors (Lipinski definition) is 2. The molecular formula is C18H21N5O2S. The lowest BCUT2D eigenvalue weighted by atomic mass is 10.2. The first-order chi connectivity index (χ1) is 12.5. The van der Waals surface area contributed by atoms with Crippen LogP contribution in [0.3, 0.4) is 0 Å². The lowest BCUT2D eigenvalue weighted by Crippen LogP contribution is -2.18. The Hall–Kier alpha value is -2.71. The Morgan fingerprint density at radius 3 is 2.54 bits per heavy atom. The fourth-order valence-electron chi connectivity index (χ4n) is 2.51. The molecule has 1 aromatic carbocycles. The highest BCUT2D eigenvalue weighted by Gasteiger charge is 2.13. The summed E-state index contributed by atoms with van der Waals surface area (Å²) in [7, 11) is -2.10. The van der Waals surface area contributed by atoms with Crippen molar-refractivity contribution in [3.05, 3.63) is 72.2 Å². The van der Waals surface area contributed by atoms with Crippen LogP contribution in [0.5, 0.6) is 0 Å². The van der Waals surface area contributed by atoms with Crippen LogP contribution in [-0.2, 0) is 16.6 Å². The van der Waals surface area contributed by atoms with Crippen LogP contribution in [-0.4, -0.2) is 30.2 Å². The molecule has 0 fully saturated rings. The highest BCUT2D eigenvalue weighted by molar-refractivity contribution is 7.89. The molecular weight excluding hydrogens is 350 g/mol. The average Bonchev–Trinajstić information content (AvgIpc) is 3.12. The van der Waals surface area contributed by atoms with Gasteiger partial charge >= 0.3 is 0 Å². The van der Waals surface area contributed by atoms with Crippen molar-refractivity contribution in [2.75, 3.05) is 12.4 Å².